The fourth-order valence-corrected chi connectivity index (χ4v) is 0.745. The predicted molar refractivity (Wildman–Crippen MR) is 55.7 cm³/mol. The summed E-state index contributed by atoms with van der Waals surface area (Å²) in [4.78, 5) is 9.38. The molecule has 0 aliphatic heterocycles. The topological polar surface area (TPSA) is 43.1 Å². The third-order valence-corrected chi connectivity index (χ3v) is 1.52. The van der Waals surface area contributed by atoms with Crippen LogP contribution in [0.2, 0.25) is 0 Å². The SMILES string of the molecule is CC(N)C=O.ClCc1ccccc1. The Hall–Kier alpha value is -0.860. The minimum atomic E-state index is -0.296. The van der Waals surface area contributed by atoms with Crippen molar-refractivity contribution in [3.05, 3.63) is 35.9 Å². The first kappa shape index (κ1) is 12.1. The van der Waals surface area contributed by atoms with Gasteiger partial charge in [-0.1, -0.05) is 30.3 Å². The molecule has 1 rings (SSSR count). The van der Waals surface area contributed by atoms with E-state index in [1.165, 1.54) is 5.56 Å². The molecule has 0 aliphatic carbocycles. The maximum Gasteiger partial charge on any atom is 0.136 e. The zero-order valence-electron chi connectivity index (χ0n) is 7.61. The summed E-state index contributed by atoms with van der Waals surface area (Å²) in [6.45, 7) is 1.63. The number of aldehydes is 1. The standard InChI is InChI=1S/C7H7Cl.C3H7NO/c8-6-7-4-2-1-3-5-7;1-3(4)2-5/h1-5H,6H2;2-3H,4H2,1H3. The van der Waals surface area contributed by atoms with Gasteiger partial charge in [-0.15, -0.1) is 11.6 Å². The number of halogens is 1. The van der Waals surface area contributed by atoms with Crippen LogP contribution in [-0.4, -0.2) is 12.3 Å². The number of hydrogen-bond donors (Lipinski definition) is 1. The Morgan fingerprint density at radius 2 is 1.92 bits per heavy atom. The third-order valence-electron chi connectivity index (χ3n) is 1.21. The van der Waals surface area contributed by atoms with Crippen molar-refractivity contribution in [2.75, 3.05) is 0 Å². The molecule has 13 heavy (non-hydrogen) atoms. The monoisotopic (exact) mass is 199 g/mol. The highest BCUT2D eigenvalue weighted by Crippen LogP contribution is 2.00. The molecule has 2 N–H and O–H groups in total. The van der Waals surface area contributed by atoms with Crippen molar-refractivity contribution in [3.8, 4) is 0 Å². The van der Waals surface area contributed by atoms with E-state index >= 15 is 0 Å². The smallest absolute Gasteiger partial charge is 0.136 e. The maximum absolute atomic E-state index is 9.38. The lowest BCUT2D eigenvalue weighted by atomic mass is 10.2. The summed E-state index contributed by atoms with van der Waals surface area (Å²) >= 11 is 5.53. The van der Waals surface area contributed by atoms with E-state index < -0.39 is 0 Å². The van der Waals surface area contributed by atoms with Crippen LogP contribution < -0.4 is 5.73 Å². The first-order chi connectivity index (χ1) is 6.20. The molecule has 0 heterocycles. The van der Waals surface area contributed by atoms with Crippen molar-refractivity contribution in [1.82, 2.24) is 0 Å². The molecule has 0 amide bonds. The molecule has 0 saturated carbocycles. The first-order valence-electron chi connectivity index (χ1n) is 4.01. The van der Waals surface area contributed by atoms with Gasteiger partial charge in [0.2, 0.25) is 0 Å². The number of rotatable bonds is 2. The van der Waals surface area contributed by atoms with Crippen LogP contribution in [0, 0.1) is 0 Å². The fraction of sp³-hybridized carbons (Fsp3) is 0.300. The molecular formula is C10H14ClNO. The Kier molecular flexibility index (Phi) is 7.26. The normalized spacial score (nSPS) is 11.0. The molecule has 0 aromatic heterocycles. The minimum absolute atomic E-state index is 0.296. The minimum Gasteiger partial charge on any atom is -0.322 e. The van der Waals surface area contributed by atoms with Crippen LogP contribution in [0.15, 0.2) is 30.3 Å². The first-order valence-corrected chi connectivity index (χ1v) is 4.55. The van der Waals surface area contributed by atoms with Crippen LogP contribution in [0.25, 0.3) is 0 Å². The van der Waals surface area contributed by atoms with Crippen LogP contribution in [0.1, 0.15) is 12.5 Å². The van der Waals surface area contributed by atoms with E-state index in [0.717, 1.165) is 0 Å². The van der Waals surface area contributed by atoms with E-state index in [1.54, 1.807) is 6.92 Å². The second-order valence-corrected chi connectivity index (χ2v) is 2.88. The van der Waals surface area contributed by atoms with Crippen LogP contribution >= 0.6 is 11.6 Å². The summed E-state index contributed by atoms with van der Waals surface area (Å²) in [7, 11) is 0. The summed E-state index contributed by atoms with van der Waals surface area (Å²) in [5.74, 6) is 0.612. The molecule has 0 saturated heterocycles. The highest BCUT2D eigenvalue weighted by molar-refractivity contribution is 6.17. The molecule has 0 aliphatic rings. The quantitative estimate of drug-likeness (QED) is 0.585. The van der Waals surface area contributed by atoms with Gasteiger partial charge in [0.15, 0.2) is 0 Å². The second-order valence-electron chi connectivity index (χ2n) is 2.61. The Morgan fingerprint density at radius 1 is 1.46 bits per heavy atom. The van der Waals surface area contributed by atoms with E-state index in [1.807, 2.05) is 30.3 Å². The zero-order valence-corrected chi connectivity index (χ0v) is 8.37. The highest BCUT2D eigenvalue weighted by atomic mass is 35.5. The predicted octanol–water partition coefficient (Wildman–Crippen LogP) is 1.96. The van der Waals surface area contributed by atoms with Crippen LogP contribution in [-0.2, 0) is 10.7 Å². The van der Waals surface area contributed by atoms with Crippen molar-refractivity contribution in [3.63, 3.8) is 0 Å². The van der Waals surface area contributed by atoms with E-state index in [0.29, 0.717) is 12.2 Å². The van der Waals surface area contributed by atoms with Gasteiger partial charge in [0.1, 0.15) is 6.29 Å². The van der Waals surface area contributed by atoms with Gasteiger partial charge in [-0.05, 0) is 12.5 Å². The molecule has 1 atom stereocenters. The molecule has 1 unspecified atom stereocenters. The van der Waals surface area contributed by atoms with Gasteiger partial charge in [-0.3, -0.25) is 0 Å². The van der Waals surface area contributed by atoms with E-state index in [9.17, 15) is 4.79 Å². The Balaban J connectivity index is 0.000000252. The summed E-state index contributed by atoms with van der Waals surface area (Å²) in [5, 5.41) is 0. The van der Waals surface area contributed by atoms with Crippen molar-refractivity contribution >= 4 is 17.9 Å². The lowest BCUT2D eigenvalue weighted by Crippen LogP contribution is -2.15. The molecule has 0 bridgehead atoms. The largest absolute Gasteiger partial charge is 0.322 e. The highest BCUT2D eigenvalue weighted by Gasteiger charge is 1.81. The van der Waals surface area contributed by atoms with Gasteiger partial charge in [-0.25, -0.2) is 0 Å². The van der Waals surface area contributed by atoms with Crippen molar-refractivity contribution in [2.24, 2.45) is 5.73 Å². The van der Waals surface area contributed by atoms with Gasteiger partial charge >= 0.3 is 0 Å². The average molecular weight is 200 g/mol. The van der Waals surface area contributed by atoms with Gasteiger partial charge in [0.25, 0.3) is 0 Å². The molecule has 3 heteroatoms. The van der Waals surface area contributed by atoms with Crippen molar-refractivity contribution in [2.45, 2.75) is 18.8 Å². The number of nitrogens with two attached hydrogens (primary N) is 1. The van der Waals surface area contributed by atoms with Crippen LogP contribution in [0.4, 0.5) is 0 Å². The summed E-state index contributed by atoms with van der Waals surface area (Å²) < 4.78 is 0. The van der Waals surface area contributed by atoms with E-state index in [4.69, 9.17) is 17.3 Å². The molecule has 0 spiro atoms. The molecule has 0 fully saturated rings. The second kappa shape index (κ2) is 7.77. The zero-order chi connectivity index (χ0) is 10.1. The third kappa shape index (κ3) is 7.50. The van der Waals surface area contributed by atoms with E-state index in [2.05, 4.69) is 0 Å². The Morgan fingerprint density at radius 3 is 2.15 bits per heavy atom. The summed E-state index contributed by atoms with van der Waals surface area (Å²) in [5.41, 5.74) is 6.10. The summed E-state index contributed by atoms with van der Waals surface area (Å²) in [6, 6.07) is 9.67. The maximum atomic E-state index is 9.38. The van der Waals surface area contributed by atoms with Gasteiger partial charge in [-0.2, -0.15) is 0 Å². The van der Waals surface area contributed by atoms with Crippen LogP contribution in [0.3, 0.4) is 0 Å². The molecule has 72 valence electrons. The Labute approximate surface area is 83.7 Å². The van der Waals surface area contributed by atoms with Gasteiger partial charge in [0.05, 0.1) is 6.04 Å². The number of carbonyl (C=O) groups excluding carboxylic acids is 1. The Bertz CT molecular complexity index is 224. The van der Waals surface area contributed by atoms with Gasteiger partial charge < -0.3 is 10.5 Å². The molecular weight excluding hydrogens is 186 g/mol. The lowest BCUT2D eigenvalue weighted by molar-refractivity contribution is -0.108. The molecule has 2 nitrogen and oxygen atoms in total. The number of hydrogen-bond acceptors (Lipinski definition) is 2. The molecule has 1 aromatic rings. The van der Waals surface area contributed by atoms with Gasteiger partial charge in [0, 0.05) is 5.88 Å². The lowest BCUT2D eigenvalue weighted by Gasteiger charge is -1.88. The number of benzene rings is 1. The van der Waals surface area contributed by atoms with Crippen molar-refractivity contribution in [1.29, 1.82) is 0 Å². The van der Waals surface area contributed by atoms with Crippen molar-refractivity contribution < 1.29 is 4.79 Å². The molecule has 0 radical (unpaired) electrons. The number of alkyl halides is 1. The fourth-order valence-electron chi connectivity index (χ4n) is 0.567. The van der Waals surface area contributed by atoms with Crippen LogP contribution in [0.5, 0.6) is 0 Å². The molecule has 1 aromatic carbocycles. The van der Waals surface area contributed by atoms with E-state index in [-0.39, 0.29) is 6.04 Å². The summed E-state index contributed by atoms with van der Waals surface area (Å²) in [6.07, 6.45) is 0.694. The number of carbonyl (C=O) groups is 1. The average Bonchev–Trinajstić information content (AvgIpc) is 2.20.